The molecule has 0 heterocycles. The zero-order chi connectivity index (χ0) is 12.3. The zero-order valence-electron chi connectivity index (χ0n) is 9.27. The Morgan fingerprint density at radius 2 is 1.24 bits per heavy atom. The Morgan fingerprint density at radius 1 is 0.824 bits per heavy atom. The maximum absolute atomic E-state index is 9.89. The Hall–Kier alpha value is -2.42. The average Bonchev–Trinajstić information content (AvgIpc) is 2.40. The van der Waals surface area contributed by atoms with Crippen molar-refractivity contribution in [3.8, 4) is 0 Å². The summed E-state index contributed by atoms with van der Waals surface area (Å²) in [7, 11) is 0. The first-order chi connectivity index (χ1) is 8.29. The second-order valence-corrected chi connectivity index (χ2v) is 3.17. The number of hydrogen-bond acceptors (Lipinski definition) is 2. The molecule has 86 valence electrons. The molecule has 0 amide bonds. The molecule has 0 bridgehead atoms. The Kier molecular flexibility index (Phi) is 5.82. The maximum atomic E-state index is 9.89. The van der Waals surface area contributed by atoms with Crippen molar-refractivity contribution in [3.63, 3.8) is 0 Å². The minimum absolute atomic E-state index is 0.479. The molecule has 0 aromatic heterocycles. The lowest BCUT2D eigenvalue weighted by molar-refractivity contribution is -0.400. The summed E-state index contributed by atoms with van der Waals surface area (Å²) in [6.45, 7) is 0. The van der Waals surface area contributed by atoms with Gasteiger partial charge in [-0.2, -0.15) is 0 Å². The number of nitrogens with zero attached hydrogens (tertiary/aromatic N) is 1. The van der Waals surface area contributed by atoms with Gasteiger partial charge in [-0.1, -0.05) is 66.7 Å². The summed E-state index contributed by atoms with van der Waals surface area (Å²) in [6, 6.07) is 21.1. The molecule has 3 heteroatoms. The van der Waals surface area contributed by atoms with Gasteiger partial charge in [0.05, 0.1) is 4.92 Å². The highest BCUT2D eigenvalue weighted by atomic mass is 16.6. The smallest absolute Gasteiger partial charge is 0.235 e. The highest BCUT2D eigenvalue weighted by molar-refractivity contribution is 5.47. The predicted molar refractivity (Wildman–Crippen MR) is 68.9 cm³/mol. The van der Waals surface area contributed by atoms with Crippen LogP contribution in [0.2, 0.25) is 0 Å². The van der Waals surface area contributed by atoms with Crippen molar-refractivity contribution >= 4 is 6.08 Å². The third kappa shape index (κ3) is 6.62. The van der Waals surface area contributed by atoms with Gasteiger partial charge in [0.25, 0.3) is 0 Å². The molecule has 0 atom stereocenters. The van der Waals surface area contributed by atoms with Gasteiger partial charge in [0.15, 0.2) is 0 Å². The Bertz CT molecular complexity index is 425. The molecule has 0 aliphatic carbocycles. The van der Waals surface area contributed by atoms with E-state index < -0.39 is 4.92 Å². The van der Waals surface area contributed by atoms with E-state index in [1.165, 1.54) is 6.08 Å². The van der Waals surface area contributed by atoms with E-state index in [0.717, 1.165) is 11.8 Å². The quantitative estimate of drug-likeness (QED) is 0.581. The van der Waals surface area contributed by atoms with Gasteiger partial charge < -0.3 is 0 Å². The van der Waals surface area contributed by atoms with Crippen LogP contribution in [0.15, 0.2) is 72.9 Å². The summed E-state index contributed by atoms with van der Waals surface area (Å²) < 4.78 is 0. The number of nitro groups is 1. The highest BCUT2D eigenvalue weighted by Gasteiger charge is 1.86. The van der Waals surface area contributed by atoms with Crippen molar-refractivity contribution < 1.29 is 4.92 Å². The summed E-state index contributed by atoms with van der Waals surface area (Å²) >= 11 is 0. The van der Waals surface area contributed by atoms with Gasteiger partial charge in [-0.15, -0.1) is 0 Å². The second-order valence-electron chi connectivity index (χ2n) is 3.17. The molecule has 0 aliphatic heterocycles. The minimum Gasteiger partial charge on any atom is -0.259 e. The van der Waals surface area contributed by atoms with E-state index in [1.54, 1.807) is 12.1 Å². The van der Waals surface area contributed by atoms with Gasteiger partial charge in [-0.25, -0.2) is 0 Å². The van der Waals surface area contributed by atoms with Gasteiger partial charge in [-0.3, -0.25) is 10.1 Å². The molecule has 0 saturated carbocycles. The van der Waals surface area contributed by atoms with Crippen LogP contribution in [0, 0.1) is 10.1 Å². The Balaban J connectivity index is 0.000000202. The molecular formula is C14H13NO2. The normalized spacial score (nSPS) is 9.41. The van der Waals surface area contributed by atoms with E-state index in [1.807, 2.05) is 54.6 Å². The molecule has 2 rings (SSSR count). The molecule has 0 unspecified atom stereocenters. The van der Waals surface area contributed by atoms with Crippen molar-refractivity contribution in [2.45, 2.75) is 0 Å². The van der Waals surface area contributed by atoms with Crippen LogP contribution in [-0.4, -0.2) is 4.92 Å². The average molecular weight is 227 g/mol. The van der Waals surface area contributed by atoms with Crippen LogP contribution in [0.4, 0.5) is 0 Å². The lowest BCUT2D eigenvalue weighted by atomic mass is 10.2. The summed E-state index contributed by atoms with van der Waals surface area (Å²) in [5, 5.41) is 9.89. The largest absolute Gasteiger partial charge is 0.259 e. The van der Waals surface area contributed by atoms with Crippen LogP contribution < -0.4 is 0 Å². The molecule has 0 fully saturated rings. The van der Waals surface area contributed by atoms with Crippen LogP contribution >= 0.6 is 0 Å². The van der Waals surface area contributed by atoms with Gasteiger partial charge in [0.1, 0.15) is 0 Å². The third-order valence-electron chi connectivity index (χ3n) is 1.85. The van der Waals surface area contributed by atoms with E-state index >= 15 is 0 Å². The van der Waals surface area contributed by atoms with Crippen LogP contribution in [0.1, 0.15) is 5.56 Å². The SMILES string of the molecule is O=[N+]([O-])C=Cc1ccccc1.c1ccccc1. The molecule has 0 saturated heterocycles. The van der Waals surface area contributed by atoms with Crippen molar-refractivity contribution in [1.82, 2.24) is 0 Å². The van der Waals surface area contributed by atoms with E-state index in [-0.39, 0.29) is 0 Å². The fraction of sp³-hybridized carbons (Fsp3) is 0. The van der Waals surface area contributed by atoms with Gasteiger partial charge in [-0.05, 0) is 5.56 Å². The molecule has 2 aromatic rings. The number of benzene rings is 2. The van der Waals surface area contributed by atoms with Crippen molar-refractivity contribution in [1.29, 1.82) is 0 Å². The zero-order valence-corrected chi connectivity index (χ0v) is 9.27. The molecule has 0 N–H and O–H groups in total. The van der Waals surface area contributed by atoms with Crippen LogP contribution in [0.3, 0.4) is 0 Å². The van der Waals surface area contributed by atoms with Crippen molar-refractivity contribution in [2.75, 3.05) is 0 Å². The molecule has 17 heavy (non-hydrogen) atoms. The van der Waals surface area contributed by atoms with E-state index in [2.05, 4.69) is 0 Å². The van der Waals surface area contributed by atoms with Gasteiger partial charge >= 0.3 is 0 Å². The highest BCUT2D eigenvalue weighted by Crippen LogP contribution is 1.99. The molecule has 0 radical (unpaired) electrons. The summed E-state index contributed by atoms with van der Waals surface area (Å²) in [6.07, 6.45) is 2.38. The van der Waals surface area contributed by atoms with Crippen LogP contribution in [0.5, 0.6) is 0 Å². The molecule has 0 aliphatic rings. The second kappa shape index (κ2) is 7.82. The van der Waals surface area contributed by atoms with Gasteiger partial charge in [0, 0.05) is 6.08 Å². The van der Waals surface area contributed by atoms with E-state index in [9.17, 15) is 10.1 Å². The molecule has 3 nitrogen and oxygen atoms in total. The fourth-order valence-corrected chi connectivity index (χ4v) is 1.10. The van der Waals surface area contributed by atoms with Crippen molar-refractivity contribution in [2.24, 2.45) is 0 Å². The fourth-order valence-electron chi connectivity index (χ4n) is 1.10. The first-order valence-corrected chi connectivity index (χ1v) is 5.16. The monoisotopic (exact) mass is 227 g/mol. The molecule has 0 spiro atoms. The predicted octanol–water partition coefficient (Wildman–Crippen LogP) is 3.62. The standard InChI is InChI=1S/C8H7NO2.C6H6/c10-9(11)7-6-8-4-2-1-3-5-8;1-2-4-6-5-3-1/h1-7H;1-6H. The van der Waals surface area contributed by atoms with E-state index in [0.29, 0.717) is 0 Å². The topological polar surface area (TPSA) is 43.1 Å². The van der Waals surface area contributed by atoms with Crippen LogP contribution in [0.25, 0.3) is 6.08 Å². The molecule has 2 aromatic carbocycles. The minimum atomic E-state index is -0.479. The van der Waals surface area contributed by atoms with Crippen molar-refractivity contribution in [3.05, 3.63) is 88.6 Å². The lowest BCUT2D eigenvalue weighted by Gasteiger charge is -1.86. The van der Waals surface area contributed by atoms with Crippen LogP contribution in [-0.2, 0) is 0 Å². The third-order valence-corrected chi connectivity index (χ3v) is 1.85. The number of hydrogen-bond donors (Lipinski definition) is 0. The summed E-state index contributed by atoms with van der Waals surface area (Å²) in [5.74, 6) is 0. The summed E-state index contributed by atoms with van der Waals surface area (Å²) in [4.78, 5) is 9.41. The number of rotatable bonds is 2. The molecular weight excluding hydrogens is 214 g/mol. The first kappa shape index (κ1) is 12.6. The first-order valence-electron chi connectivity index (χ1n) is 5.16. The maximum Gasteiger partial charge on any atom is 0.235 e. The Morgan fingerprint density at radius 3 is 1.65 bits per heavy atom. The Labute approximate surface area is 100 Å². The van der Waals surface area contributed by atoms with Gasteiger partial charge in [0.2, 0.25) is 6.20 Å². The lowest BCUT2D eigenvalue weighted by Crippen LogP contribution is -1.81. The van der Waals surface area contributed by atoms with E-state index in [4.69, 9.17) is 0 Å². The summed E-state index contributed by atoms with van der Waals surface area (Å²) in [5.41, 5.74) is 0.837.